The average molecular weight is 149 g/mol. The third-order valence-electron chi connectivity index (χ3n) is 0. The van der Waals surface area contributed by atoms with Crippen molar-refractivity contribution in [3.8, 4) is 0 Å². The maximum absolute atomic E-state index is 8.93. The van der Waals surface area contributed by atoms with E-state index in [9.17, 15) is 0 Å². The van der Waals surface area contributed by atoms with Gasteiger partial charge in [-0.3, -0.25) is 0 Å². The maximum atomic E-state index is 8.93. The molecule has 0 saturated carbocycles. The molecule has 0 aromatic heterocycles. The van der Waals surface area contributed by atoms with Crippen molar-refractivity contribution < 1.29 is 60.0 Å². The Kier molecular flexibility index (Phi) is 58.8. The second-order valence-corrected chi connectivity index (χ2v) is 0.289. The molecule has 0 N–H and O–H groups in total. The summed E-state index contributed by atoms with van der Waals surface area (Å²) in [5.41, 5.74) is 0. The Hall–Kier alpha value is 1.39. The van der Waals surface area contributed by atoms with E-state index in [0.29, 0.717) is 0 Å². The zero-order valence-corrected chi connectivity index (χ0v) is 6.24. The van der Waals surface area contributed by atoms with Gasteiger partial charge in [0.1, 0.15) is 0 Å². The molecule has 5 heavy (non-hydrogen) atoms. The second kappa shape index (κ2) is 18.2. The topological polar surface area (TPSA) is 23.1 Å². The van der Waals surface area contributed by atoms with Crippen molar-refractivity contribution in [1.82, 2.24) is 0 Å². The molecule has 0 aromatic rings. The predicted octanol–water partition coefficient (Wildman–Crippen LogP) is 0.262. The summed E-state index contributed by atoms with van der Waals surface area (Å²) in [4.78, 5) is 0. The Morgan fingerprint density at radius 1 is 1.80 bits per heavy atom. The first-order valence-corrected chi connectivity index (χ1v) is 0.996. The first kappa shape index (κ1) is 16.2. The molecular weight excluding hydrogens is 136 g/mol. The van der Waals surface area contributed by atoms with E-state index in [1.54, 1.807) is 6.92 Å². The third-order valence-corrected chi connectivity index (χ3v) is 0. The Bertz CT molecular complexity index is 20.1. The molecule has 0 aliphatic rings. The van der Waals surface area contributed by atoms with Crippen LogP contribution in [0.4, 0.5) is 0 Å². The molecule has 0 radical (unpaired) electrons. The van der Waals surface area contributed by atoms with Gasteiger partial charge in [-0.05, 0) is 0 Å². The fourth-order valence-electron chi connectivity index (χ4n) is 0. The largest absolute Gasteiger partial charge is 4.00 e. The summed E-state index contributed by atoms with van der Waals surface area (Å²) in [7, 11) is 0. The molecule has 0 fully saturated rings. The van der Waals surface area contributed by atoms with E-state index in [-0.39, 0.29) is 61.5 Å². The monoisotopic (exact) mass is 149 g/mol. The van der Waals surface area contributed by atoms with Crippen molar-refractivity contribution in [3.05, 3.63) is 0 Å². The minimum absolute atomic E-state index is 0. The Labute approximate surface area is 73.8 Å². The van der Waals surface area contributed by atoms with Gasteiger partial charge in [-0.2, -0.15) is 0 Å². The van der Waals surface area contributed by atoms with Crippen LogP contribution in [0.2, 0.25) is 0 Å². The molecule has 0 saturated heterocycles. The van der Waals surface area contributed by atoms with Crippen LogP contribution in [-0.2, 0) is 43.4 Å². The van der Waals surface area contributed by atoms with Gasteiger partial charge in [-0.25, -0.2) is 0 Å². The molecule has 0 aromatic carbocycles. The zero-order chi connectivity index (χ0) is 2.71. The standard InChI is InChI=1S/C2H5O.2Ti.8H/c1-2-3;;;;;;;;;;/h2H2,1H3;;;;;;;;;;/q-1;;+4;8*-1. The van der Waals surface area contributed by atoms with Gasteiger partial charge in [-0.15, -0.1) is 6.61 Å². The minimum Gasteiger partial charge on any atom is -1.00 e. The second-order valence-electron chi connectivity index (χ2n) is 0.289. The number of rotatable bonds is 0. The molecule has 0 aliphatic carbocycles. The van der Waals surface area contributed by atoms with E-state index in [4.69, 9.17) is 5.11 Å². The SMILES string of the molecule is CC[O-].[H-].[H-].[H-].[H-].[H-].[H-].[H-].[H-].[Ti+4].[Ti]. The number of hydrogen-bond donors (Lipinski definition) is 0. The van der Waals surface area contributed by atoms with Gasteiger partial charge >= 0.3 is 21.7 Å². The average Bonchev–Trinajstić information content (AvgIpc) is 0.918. The van der Waals surface area contributed by atoms with Gasteiger partial charge in [-0.1, -0.05) is 6.92 Å². The van der Waals surface area contributed by atoms with Gasteiger partial charge in [0.05, 0.1) is 0 Å². The van der Waals surface area contributed by atoms with Crippen LogP contribution in [0.1, 0.15) is 18.3 Å². The van der Waals surface area contributed by atoms with Crippen LogP contribution in [0, 0.1) is 0 Å². The van der Waals surface area contributed by atoms with Crippen LogP contribution in [0.25, 0.3) is 0 Å². The van der Waals surface area contributed by atoms with Gasteiger partial charge < -0.3 is 16.5 Å². The third kappa shape index (κ3) is 32.1. The summed E-state index contributed by atoms with van der Waals surface area (Å²) >= 11 is 0. The van der Waals surface area contributed by atoms with Crippen molar-refractivity contribution in [2.45, 2.75) is 6.92 Å². The predicted molar refractivity (Wildman–Crippen MR) is 19.4 cm³/mol. The molecule has 0 spiro atoms. The molecule has 0 unspecified atom stereocenters. The van der Waals surface area contributed by atoms with Crippen LogP contribution < -0.4 is 5.11 Å². The Morgan fingerprint density at radius 2 is 1.80 bits per heavy atom. The van der Waals surface area contributed by atoms with Crippen LogP contribution >= 0.6 is 0 Å². The van der Waals surface area contributed by atoms with Crippen molar-refractivity contribution >= 4 is 0 Å². The van der Waals surface area contributed by atoms with E-state index in [1.807, 2.05) is 0 Å². The maximum Gasteiger partial charge on any atom is 4.00 e. The van der Waals surface area contributed by atoms with Gasteiger partial charge in [0, 0.05) is 21.7 Å². The van der Waals surface area contributed by atoms with Crippen LogP contribution in [0.3, 0.4) is 0 Å². The molecule has 0 amide bonds. The fraction of sp³-hybridized carbons (Fsp3) is 1.00. The summed E-state index contributed by atoms with van der Waals surface area (Å²) in [6.45, 7) is 1.57. The van der Waals surface area contributed by atoms with E-state index in [2.05, 4.69) is 0 Å². The Morgan fingerprint density at radius 3 is 1.80 bits per heavy atom. The fourth-order valence-corrected chi connectivity index (χ4v) is 0. The zero-order valence-electron chi connectivity index (χ0n) is 11.1. The summed E-state index contributed by atoms with van der Waals surface area (Å²) in [5, 5.41) is 8.93. The van der Waals surface area contributed by atoms with Crippen molar-refractivity contribution in [3.63, 3.8) is 0 Å². The van der Waals surface area contributed by atoms with Gasteiger partial charge in [0.25, 0.3) is 0 Å². The molecule has 0 rings (SSSR count). The number of hydrogen-bond acceptors (Lipinski definition) is 1. The molecular formula is C2H13OTi2-5. The van der Waals surface area contributed by atoms with Crippen molar-refractivity contribution in [2.75, 3.05) is 6.61 Å². The van der Waals surface area contributed by atoms with Crippen molar-refractivity contribution in [1.29, 1.82) is 0 Å². The summed E-state index contributed by atoms with van der Waals surface area (Å²) in [6.07, 6.45) is 0. The van der Waals surface area contributed by atoms with Gasteiger partial charge in [0.15, 0.2) is 0 Å². The van der Waals surface area contributed by atoms with E-state index < -0.39 is 0 Å². The van der Waals surface area contributed by atoms with Crippen LogP contribution in [0.15, 0.2) is 0 Å². The molecule has 0 atom stereocenters. The Balaban J connectivity index is -0.000000000444. The quantitative estimate of drug-likeness (QED) is 0.453. The summed E-state index contributed by atoms with van der Waals surface area (Å²) in [5.74, 6) is 0. The van der Waals surface area contributed by atoms with E-state index in [0.717, 1.165) is 0 Å². The first-order valence-electron chi connectivity index (χ1n) is 0.996. The van der Waals surface area contributed by atoms with Crippen molar-refractivity contribution in [2.24, 2.45) is 0 Å². The first-order chi connectivity index (χ1) is 1.41. The summed E-state index contributed by atoms with van der Waals surface area (Å²) in [6, 6.07) is 0. The molecule has 3 heteroatoms. The van der Waals surface area contributed by atoms with E-state index >= 15 is 0 Å². The molecule has 0 heterocycles. The van der Waals surface area contributed by atoms with Crippen LogP contribution in [0.5, 0.6) is 0 Å². The molecule has 0 bridgehead atoms. The normalized spacial score (nSPS) is 3.60. The van der Waals surface area contributed by atoms with Crippen LogP contribution in [-0.4, -0.2) is 6.61 Å². The van der Waals surface area contributed by atoms with Gasteiger partial charge in [0.2, 0.25) is 0 Å². The summed E-state index contributed by atoms with van der Waals surface area (Å²) < 4.78 is 0. The smallest absolute Gasteiger partial charge is 1.00 e. The minimum atomic E-state index is 0. The molecule has 0 aliphatic heterocycles. The van der Waals surface area contributed by atoms with E-state index in [1.165, 1.54) is 0 Å². The molecule has 1 nitrogen and oxygen atoms in total. The molecule has 40 valence electrons.